The lowest BCUT2D eigenvalue weighted by molar-refractivity contribution is 0.0487. The first-order valence-electron chi connectivity index (χ1n) is 8.11. The summed E-state index contributed by atoms with van der Waals surface area (Å²) in [5.41, 5.74) is -0.473. The van der Waals surface area contributed by atoms with E-state index in [9.17, 15) is 4.79 Å². The molecule has 0 unspecified atom stereocenters. The van der Waals surface area contributed by atoms with Crippen molar-refractivity contribution in [2.45, 2.75) is 88.9 Å². The molecule has 1 amide bonds. The van der Waals surface area contributed by atoms with Crippen molar-refractivity contribution in [3.05, 3.63) is 0 Å². The number of amides is 1. The van der Waals surface area contributed by atoms with Gasteiger partial charge in [0.25, 0.3) is 0 Å². The molecule has 120 valence electrons. The van der Waals surface area contributed by atoms with E-state index < -0.39 is 5.60 Å². The molecule has 0 radical (unpaired) electrons. The first-order valence-corrected chi connectivity index (χ1v) is 8.11. The number of nitrogens with one attached hydrogen (secondary N) is 3. The molecule has 2 fully saturated rings. The molecule has 0 atom stereocenters. The van der Waals surface area contributed by atoms with Crippen LogP contribution in [0.3, 0.4) is 0 Å². The zero-order valence-electron chi connectivity index (χ0n) is 13.5. The Morgan fingerprint density at radius 2 is 1.76 bits per heavy atom. The van der Waals surface area contributed by atoms with Crippen LogP contribution in [0.1, 0.15) is 65.7 Å². The van der Waals surface area contributed by atoms with Gasteiger partial charge in [-0.15, -0.1) is 0 Å². The molecule has 21 heavy (non-hydrogen) atoms. The predicted octanol–water partition coefficient (Wildman–Crippen LogP) is 2.98. The molecule has 5 nitrogen and oxygen atoms in total. The normalized spacial score (nSPS) is 28.3. The van der Waals surface area contributed by atoms with E-state index in [1.807, 2.05) is 20.8 Å². The number of hydrogen-bond acceptors (Lipinski definition) is 4. The van der Waals surface area contributed by atoms with Gasteiger partial charge in [0.1, 0.15) is 5.60 Å². The van der Waals surface area contributed by atoms with Gasteiger partial charge in [0.05, 0.1) is 5.54 Å². The molecule has 5 heteroatoms. The van der Waals surface area contributed by atoms with E-state index in [-0.39, 0.29) is 17.7 Å². The molecule has 0 spiro atoms. The Hall–Kier alpha value is -1.10. The minimum absolute atomic E-state index is 0.0316. The minimum atomic E-state index is -0.441. The maximum atomic E-state index is 11.8. The molecule has 2 saturated carbocycles. The maximum Gasteiger partial charge on any atom is 0.407 e. The summed E-state index contributed by atoms with van der Waals surface area (Å²) in [7, 11) is 0. The number of carbonyl (C=O) groups excluding carboxylic acids is 1. The van der Waals surface area contributed by atoms with Crippen molar-refractivity contribution in [2.75, 3.05) is 0 Å². The monoisotopic (exact) mass is 295 g/mol. The second-order valence-electron chi connectivity index (χ2n) is 7.49. The van der Waals surface area contributed by atoms with Crippen molar-refractivity contribution in [1.82, 2.24) is 10.6 Å². The predicted molar refractivity (Wildman–Crippen MR) is 83.9 cm³/mol. The summed E-state index contributed by atoms with van der Waals surface area (Å²) in [4.78, 5) is 11.8. The van der Waals surface area contributed by atoms with Crippen LogP contribution in [0, 0.1) is 5.41 Å². The van der Waals surface area contributed by atoms with Crippen LogP contribution < -0.4 is 10.6 Å². The molecule has 2 rings (SSSR count). The molecular formula is C16H29N3O2. The van der Waals surface area contributed by atoms with Gasteiger partial charge >= 0.3 is 6.09 Å². The Morgan fingerprint density at radius 1 is 1.19 bits per heavy atom. The highest BCUT2D eigenvalue weighted by Crippen LogP contribution is 2.32. The molecule has 0 aromatic heterocycles. The number of rotatable bonds is 4. The van der Waals surface area contributed by atoms with E-state index in [0.29, 0.717) is 6.04 Å². The molecular weight excluding hydrogens is 266 g/mol. The third-order valence-corrected chi connectivity index (χ3v) is 4.46. The lowest BCUT2D eigenvalue weighted by atomic mass is 9.76. The van der Waals surface area contributed by atoms with E-state index >= 15 is 0 Å². The van der Waals surface area contributed by atoms with Crippen molar-refractivity contribution in [2.24, 2.45) is 0 Å². The molecule has 0 aromatic carbocycles. The van der Waals surface area contributed by atoms with Crippen molar-refractivity contribution >= 4 is 12.3 Å². The average Bonchev–Trinajstić information content (AvgIpc) is 2.33. The van der Waals surface area contributed by atoms with Crippen LogP contribution in [0.4, 0.5) is 4.79 Å². The zero-order chi connectivity index (χ0) is 15.5. The minimum Gasteiger partial charge on any atom is -0.444 e. The first kappa shape index (κ1) is 16.3. The van der Waals surface area contributed by atoms with Gasteiger partial charge in [-0.2, -0.15) is 0 Å². The van der Waals surface area contributed by atoms with Crippen molar-refractivity contribution in [3.8, 4) is 0 Å². The third kappa shape index (κ3) is 4.70. The van der Waals surface area contributed by atoms with Crippen molar-refractivity contribution < 1.29 is 9.53 Å². The number of alkyl carbamates (subject to hydrolysis) is 1. The number of hydrogen-bond donors (Lipinski definition) is 3. The SMILES string of the molecule is CC(C)(C)OC(=O)NC1CCC(NC2(C=N)CCC2)CC1. The summed E-state index contributed by atoms with van der Waals surface area (Å²) >= 11 is 0. The maximum absolute atomic E-state index is 11.8. The van der Waals surface area contributed by atoms with Gasteiger partial charge in [0, 0.05) is 18.3 Å². The lowest BCUT2D eigenvalue weighted by Gasteiger charge is -2.43. The summed E-state index contributed by atoms with van der Waals surface area (Å²) < 4.78 is 5.30. The summed E-state index contributed by atoms with van der Waals surface area (Å²) in [6.07, 6.45) is 8.73. The molecule has 0 aromatic rings. The molecule has 0 saturated heterocycles. The lowest BCUT2D eigenvalue weighted by Crippen LogP contribution is -2.57. The van der Waals surface area contributed by atoms with Gasteiger partial charge in [0.15, 0.2) is 0 Å². The fraction of sp³-hybridized carbons (Fsp3) is 0.875. The molecule has 0 aliphatic heterocycles. The van der Waals surface area contributed by atoms with Gasteiger partial charge in [-0.1, -0.05) is 0 Å². The van der Waals surface area contributed by atoms with Crippen LogP contribution in [0.25, 0.3) is 0 Å². The summed E-state index contributed by atoms with van der Waals surface area (Å²) in [5.74, 6) is 0. The topological polar surface area (TPSA) is 74.2 Å². The highest BCUT2D eigenvalue weighted by molar-refractivity contribution is 5.69. The molecule has 0 heterocycles. The molecule has 2 aliphatic rings. The van der Waals surface area contributed by atoms with E-state index in [4.69, 9.17) is 10.1 Å². The Balaban J connectivity index is 1.71. The fourth-order valence-corrected chi connectivity index (χ4v) is 3.15. The number of carbonyl (C=O) groups is 1. The second-order valence-corrected chi connectivity index (χ2v) is 7.49. The highest BCUT2D eigenvalue weighted by atomic mass is 16.6. The van der Waals surface area contributed by atoms with Gasteiger partial charge < -0.3 is 20.8 Å². The van der Waals surface area contributed by atoms with Crippen LogP contribution >= 0.6 is 0 Å². The van der Waals surface area contributed by atoms with Crippen LogP contribution in [0.5, 0.6) is 0 Å². The fourth-order valence-electron chi connectivity index (χ4n) is 3.15. The quantitative estimate of drug-likeness (QED) is 0.698. The summed E-state index contributed by atoms with van der Waals surface area (Å²) in [5, 5.41) is 14.2. The smallest absolute Gasteiger partial charge is 0.407 e. The van der Waals surface area contributed by atoms with Gasteiger partial charge in [-0.25, -0.2) is 4.79 Å². The first-order chi connectivity index (χ1) is 9.82. The standard InChI is InChI=1S/C16H29N3O2/c1-15(2,3)21-14(20)18-12-5-7-13(8-6-12)19-16(11-17)9-4-10-16/h11-13,17,19H,4-10H2,1-3H3,(H,18,20). The van der Waals surface area contributed by atoms with Crippen LogP contribution in [-0.2, 0) is 4.74 Å². The van der Waals surface area contributed by atoms with Gasteiger partial charge in [-0.05, 0) is 65.7 Å². The largest absolute Gasteiger partial charge is 0.444 e. The molecule has 0 bridgehead atoms. The number of ether oxygens (including phenoxy) is 1. The van der Waals surface area contributed by atoms with Crippen LogP contribution in [0.2, 0.25) is 0 Å². The van der Waals surface area contributed by atoms with E-state index in [1.165, 1.54) is 6.42 Å². The Morgan fingerprint density at radius 3 is 2.19 bits per heavy atom. The molecule has 2 aliphatic carbocycles. The van der Waals surface area contributed by atoms with Crippen LogP contribution in [0.15, 0.2) is 0 Å². The van der Waals surface area contributed by atoms with E-state index in [1.54, 1.807) is 6.21 Å². The zero-order valence-corrected chi connectivity index (χ0v) is 13.5. The Labute approximate surface area is 127 Å². The van der Waals surface area contributed by atoms with E-state index in [2.05, 4.69) is 10.6 Å². The highest BCUT2D eigenvalue weighted by Gasteiger charge is 2.37. The van der Waals surface area contributed by atoms with Crippen molar-refractivity contribution in [3.63, 3.8) is 0 Å². The molecule has 3 N–H and O–H groups in total. The third-order valence-electron chi connectivity index (χ3n) is 4.46. The van der Waals surface area contributed by atoms with Gasteiger partial charge in [-0.3, -0.25) is 0 Å². The van der Waals surface area contributed by atoms with Crippen LogP contribution in [-0.4, -0.2) is 35.5 Å². The van der Waals surface area contributed by atoms with E-state index in [0.717, 1.165) is 38.5 Å². The average molecular weight is 295 g/mol. The second kappa shape index (κ2) is 6.34. The van der Waals surface area contributed by atoms with Crippen molar-refractivity contribution in [1.29, 1.82) is 5.41 Å². The summed E-state index contributed by atoms with van der Waals surface area (Å²) in [6.45, 7) is 5.63. The summed E-state index contributed by atoms with van der Waals surface area (Å²) in [6, 6.07) is 0.693. The Kier molecular flexibility index (Phi) is 4.91. The Bertz CT molecular complexity index is 377. The van der Waals surface area contributed by atoms with Gasteiger partial charge in [0.2, 0.25) is 0 Å².